The van der Waals surface area contributed by atoms with Gasteiger partial charge in [-0.15, -0.1) is 0 Å². The number of para-hydroxylation sites is 2. The van der Waals surface area contributed by atoms with Gasteiger partial charge in [0.25, 0.3) is 0 Å². The predicted molar refractivity (Wildman–Crippen MR) is 180 cm³/mol. The molecule has 8 aromatic rings. The van der Waals surface area contributed by atoms with Gasteiger partial charge in [0.2, 0.25) is 0 Å². The van der Waals surface area contributed by atoms with E-state index in [9.17, 15) is 0 Å². The van der Waals surface area contributed by atoms with Gasteiger partial charge in [0.05, 0.1) is 11.0 Å². The minimum Gasteiger partial charge on any atom is -0.456 e. The Morgan fingerprint density at radius 2 is 1.31 bits per heavy atom. The molecule has 3 heterocycles. The molecular formula is C40H27N3O2. The molecule has 0 saturated carbocycles. The summed E-state index contributed by atoms with van der Waals surface area (Å²) in [7, 11) is 0. The van der Waals surface area contributed by atoms with Gasteiger partial charge in [-0.3, -0.25) is 0 Å². The van der Waals surface area contributed by atoms with Gasteiger partial charge < -0.3 is 8.83 Å². The molecule has 5 heteroatoms. The topological polar surface area (TPSA) is 65.0 Å². The van der Waals surface area contributed by atoms with E-state index in [1.165, 1.54) is 0 Å². The van der Waals surface area contributed by atoms with Gasteiger partial charge in [-0.25, -0.2) is 15.0 Å². The average Bonchev–Trinajstić information content (AvgIpc) is 3.68. The zero-order chi connectivity index (χ0) is 30.0. The quantitative estimate of drug-likeness (QED) is 0.207. The molecule has 0 fully saturated rings. The maximum absolute atomic E-state index is 6.52. The summed E-state index contributed by atoms with van der Waals surface area (Å²) < 4.78 is 12.9. The lowest BCUT2D eigenvalue weighted by Gasteiger charge is -2.30. The number of hydrogen-bond donors (Lipinski definition) is 0. The monoisotopic (exact) mass is 581 g/mol. The van der Waals surface area contributed by atoms with Crippen molar-refractivity contribution in [3.8, 4) is 33.9 Å². The molecule has 3 aromatic heterocycles. The highest BCUT2D eigenvalue weighted by atomic mass is 16.3. The van der Waals surface area contributed by atoms with Crippen LogP contribution in [0, 0.1) is 0 Å². The van der Waals surface area contributed by atoms with E-state index >= 15 is 0 Å². The molecule has 0 amide bonds. The molecule has 1 unspecified atom stereocenters. The summed E-state index contributed by atoms with van der Waals surface area (Å²) in [6, 6.07) is 41.2. The van der Waals surface area contributed by atoms with Crippen LogP contribution in [0.1, 0.15) is 30.5 Å². The zero-order valence-electron chi connectivity index (χ0n) is 24.6. The molecular weight excluding hydrogens is 554 g/mol. The first-order chi connectivity index (χ1) is 22.2. The molecule has 1 aliphatic carbocycles. The van der Waals surface area contributed by atoms with E-state index in [4.69, 9.17) is 23.8 Å². The molecule has 5 nitrogen and oxygen atoms in total. The fourth-order valence-corrected chi connectivity index (χ4v) is 6.70. The number of nitrogens with zero attached hydrogens (tertiary/aromatic N) is 3. The number of hydrogen-bond acceptors (Lipinski definition) is 5. The van der Waals surface area contributed by atoms with Gasteiger partial charge in [-0.05, 0) is 48.7 Å². The van der Waals surface area contributed by atoms with Crippen molar-refractivity contribution in [2.24, 2.45) is 0 Å². The molecule has 0 spiro atoms. The number of aromatic nitrogens is 3. The fourth-order valence-electron chi connectivity index (χ4n) is 6.70. The van der Waals surface area contributed by atoms with Crippen molar-refractivity contribution in [2.75, 3.05) is 0 Å². The summed E-state index contributed by atoms with van der Waals surface area (Å²) in [5.41, 5.74) is 7.03. The number of fused-ring (bicyclic) bond motifs is 6. The highest BCUT2D eigenvalue weighted by Gasteiger charge is 2.39. The summed E-state index contributed by atoms with van der Waals surface area (Å²) in [6.07, 6.45) is 4.96. The van der Waals surface area contributed by atoms with Gasteiger partial charge in [-0.2, -0.15) is 0 Å². The largest absolute Gasteiger partial charge is 0.456 e. The zero-order valence-corrected chi connectivity index (χ0v) is 24.6. The lowest BCUT2D eigenvalue weighted by molar-refractivity contribution is 0.509. The Bertz CT molecular complexity index is 2420. The molecule has 0 N–H and O–H groups in total. The third kappa shape index (κ3) is 4.05. The van der Waals surface area contributed by atoms with E-state index in [2.05, 4.69) is 73.7 Å². The van der Waals surface area contributed by atoms with Crippen molar-refractivity contribution in [3.63, 3.8) is 0 Å². The summed E-state index contributed by atoms with van der Waals surface area (Å²) in [5, 5.41) is 3.18. The van der Waals surface area contributed by atoms with Crippen LogP contribution in [0.4, 0.5) is 0 Å². The van der Waals surface area contributed by atoms with Crippen molar-refractivity contribution in [1.82, 2.24) is 15.0 Å². The molecule has 0 bridgehead atoms. The van der Waals surface area contributed by atoms with E-state index in [1.807, 2.05) is 66.7 Å². The molecule has 5 aromatic carbocycles. The van der Waals surface area contributed by atoms with E-state index < -0.39 is 5.41 Å². The van der Waals surface area contributed by atoms with Crippen LogP contribution in [0.5, 0.6) is 0 Å². The Labute approximate surface area is 259 Å². The SMILES string of the molecule is CC1(c2nc(-c3ccccc3)nc(-c3cccc4c3oc3ccccc34)n2)CC=Cc2oc3cc(-c4ccccc4)ccc3c21. The van der Waals surface area contributed by atoms with Crippen LogP contribution >= 0.6 is 0 Å². The lowest BCUT2D eigenvalue weighted by atomic mass is 9.74. The summed E-state index contributed by atoms with van der Waals surface area (Å²) in [4.78, 5) is 15.5. The summed E-state index contributed by atoms with van der Waals surface area (Å²) in [5.74, 6) is 2.74. The molecule has 0 radical (unpaired) electrons. The van der Waals surface area contributed by atoms with Crippen LogP contribution in [0.15, 0.2) is 136 Å². The number of benzene rings is 5. The van der Waals surface area contributed by atoms with Crippen molar-refractivity contribution >= 4 is 39.0 Å². The first-order valence-electron chi connectivity index (χ1n) is 15.2. The van der Waals surface area contributed by atoms with Gasteiger partial charge in [0.15, 0.2) is 11.6 Å². The Morgan fingerprint density at radius 1 is 0.578 bits per heavy atom. The van der Waals surface area contributed by atoms with E-state index in [1.54, 1.807) is 0 Å². The van der Waals surface area contributed by atoms with Crippen molar-refractivity contribution in [2.45, 2.75) is 18.8 Å². The Hall–Kier alpha value is -5.81. The van der Waals surface area contributed by atoms with Crippen molar-refractivity contribution in [3.05, 3.63) is 145 Å². The average molecular weight is 582 g/mol. The lowest BCUT2D eigenvalue weighted by Crippen LogP contribution is -2.29. The van der Waals surface area contributed by atoms with Crippen LogP contribution < -0.4 is 0 Å². The third-order valence-corrected chi connectivity index (χ3v) is 8.98. The predicted octanol–water partition coefficient (Wildman–Crippen LogP) is 10.2. The van der Waals surface area contributed by atoms with Crippen molar-refractivity contribution < 1.29 is 8.83 Å². The highest BCUT2D eigenvalue weighted by Crippen LogP contribution is 2.46. The Kier molecular flexibility index (Phi) is 5.62. The second-order valence-corrected chi connectivity index (χ2v) is 11.8. The fraction of sp³-hybridized carbons (Fsp3) is 0.0750. The maximum Gasteiger partial charge on any atom is 0.167 e. The van der Waals surface area contributed by atoms with Crippen LogP contribution in [-0.2, 0) is 5.41 Å². The normalized spacial score (nSPS) is 16.0. The van der Waals surface area contributed by atoms with Crippen molar-refractivity contribution in [1.29, 1.82) is 0 Å². The summed E-state index contributed by atoms with van der Waals surface area (Å²) >= 11 is 0. The van der Waals surface area contributed by atoms with Crippen LogP contribution in [-0.4, -0.2) is 15.0 Å². The van der Waals surface area contributed by atoms with Gasteiger partial charge in [0, 0.05) is 27.3 Å². The van der Waals surface area contributed by atoms with Gasteiger partial charge in [-0.1, -0.05) is 109 Å². The van der Waals surface area contributed by atoms with Crippen LogP contribution in [0.25, 0.3) is 72.9 Å². The standard InChI is InChI=1S/C40H27N3O2/c1-40(23-11-20-33-35(40)30-22-21-27(24-34(30)44-33)25-12-4-2-5-13-25)39-42-37(26-14-6-3-7-15-26)41-38(43-39)31-18-10-17-29-28-16-8-9-19-32(28)45-36(29)31/h2-22,24H,23H2,1H3. The minimum atomic E-state index is -0.563. The first-order valence-corrected chi connectivity index (χ1v) is 15.2. The Balaban J connectivity index is 1.27. The second-order valence-electron chi connectivity index (χ2n) is 11.8. The molecule has 45 heavy (non-hydrogen) atoms. The maximum atomic E-state index is 6.52. The smallest absolute Gasteiger partial charge is 0.167 e. The van der Waals surface area contributed by atoms with E-state index in [0.717, 1.165) is 72.9 Å². The van der Waals surface area contributed by atoms with Crippen LogP contribution in [0.3, 0.4) is 0 Å². The number of allylic oxidation sites excluding steroid dienone is 1. The third-order valence-electron chi connectivity index (χ3n) is 8.98. The molecule has 0 saturated heterocycles. The van der Waals surface area contributed by atoms with E-state index in [0.29, 0.717) is 17.5 Å². The summed E-state index contributed by atoms with van der Waals surface area (Å²) in [6.45, 7) is 2.21. The Morgan fingerprint density at radius 3 is 2.16 bits per heavy atom. The molecule has 1 atom stereocenters. The molecule has 214 valence electrons. The number of furan rings is 2. The second kappa shape index (κ2) is 9.86. The van der Waals surface area contributed by atoms with E-state index in [-0.39, 0.29) is 0 Å². The van der Waals surface area contributed by atoms with Gasteiger partial charge >= 0.3 is 0 Å². The number of rotatable bonds is 4. The van der Waals surface area contributed by atoms with Gasteiger partial charge in [0.1, 0.15) is 28.3 Å². The van der Waals surface area contributed by atoms with Crippen LogP contribution in [0.2, 0.25) is 0 Å². The highest BCUT2D eigenvalue weighted by molar-refractivity contribution is 6.09. The minimum absolute atomic E-state index is 0.563. The molecule has 1 aliphatic rings. The first kappa shape index (κ1) is 25.7. The molecule has 0 aliphatic heterocycles. The molecule has 9 rings (SSSR count).